The van der Waals surface area contributed by atoms with Crippen LogP contribution in [0.2, 0.25) is 0 Å². The average molecular weight is 387 g/mol. The first-order chi connectivity index (χ1) is 12.2. The Labute approximate surface area is 153 Å². The highest BCUT2D eigenvalue weighted by Crippen LogP contribution is 2.36. The number of hydrogen-bond acceptors (Lipinski definition) is 5. The molecule has 1 amide bonds. The van der Waals surface area contributed by atoms with Crippen LogP contribution in [0.5, 0.6) is 0 Å². The van der Waals surface area contributed by atoms with E-state index in [1.54, 1.807) is 11.3 Å². The van der Waals surface area contributed by atoms with Gasteiger partial charge in [0.1, 0.15) is 6.54 Å². The first-order valence-electron chi connectivity index (χ1n) is 8.34. The maximum Gasteiger partial charge on any atom is 0.406 e. The molecule has 2 heterocycles. The monoisotopic (exact) mass is 387 g/mol. The average Bonchev–Trinajstić information content (AvgIpc) is 3.30. The van der Waals surface area contributed by atoms with Crippen LogP contribution in [0.3, 0.4) is 0 Å². The van der Waals surface area contributed by atoms with Gasteiger partial charge in [0.05, 0.1) is 5.75 Å². The topological polar surface area (TPSA) is 63.4 Å². The quantitative estimate of drug-likeness (QED) is 0.713. The molecule has 1 saturated carbocycles. The molecule has 1 aliphatic rings. The zero-order chi connectivity index (χ0) is 19.1. The molecular weight excluding hydrogens is 367 g/mol. The van der Waals surface area contributed by atoms with Gasteiger partial charge in [-0.1, -0.05) is 11.8 Å². The molecule has 0 aromatic carbocycles. The summed E-state index contributed by atoms with van der Waals surface area (Å²) in [6, 6.07) is 1.44. The van der Waals surface area contributed by atoms with Gasteiger partial charge in [0.2, 0.25) is 5.91 Å². The van der Waals surface area contributed by atoms with Crippen molar-refractivity contribution in [3.05, 3.63) is 17.5 Å². The van der Waals surface area contributed by atoms with Crippen molar-refractivity contribution < 1.29 is 18.0 Å². The number of aryl methyl sites for hydroxylation is 2. The summed E-state index contributed by atoms with van der Waals surface area (Å²) in [6.45, 7) is 4.17. The Morgan fingerprint density at radius 2 is 2.08 bits per heavy atom. The second-order valence-corrected chi connectivity index (χ2v) is 7.60. The predicted octanol–water partition coefficient (Wildman–Crippen LogP) is 3.02. The molecule has 2 aromatic heterocycles. The molecule has 0 bridgehead atoms. The van der Waals surface area contributed by atoms with Crippen molar-refractivity contribution >= 4 is 23.4 Å². The number of halogens is 3. The van der Waals surface area contributed by atoms with E-state index in [1.807, 2.05) is 19.9 Å². The van der Waals surface area contributed by atoms with Crippen molar-refractivity contribution in [1.82, 2.24) is 24.5 Å². The smallest absolute Gasteiger partial charge is 0.330 e. The molecule has 1 fully saturated rings. The number of alkyl halides is 3. The number of amides is 1. The Morgan fingerprint density at radius 3 is 2.69 bits per heavy atom. The largest absolute Gasteiger partial charge is 0.406 e. The van der Waals surface area contributed by atoms with Crippen molar-refractivity contribution in [2.75, 3.05) is 12.3 Å². The lowest BCUT2D eigenvalue weighted by molar-refractivity contribution is -0.164. The van der Waals surface area contributed by atoms with Crippen LogP contribution in [0.15, 0.2) is 11.2 Å². The Bertz CT molecular complexity index is 818. The second-order valence-electron chi connectivity index (χ2n) is 6.66. The standard InChI is InChI=1S/C16H20F3N5OS/c1-9-6-10(2)24-14(20-9)21-22-15(24)26-7-13(25)23(8-16(17,18)19)11(3)12-4-5-12/h6,11-12H,4-5,7-8H2,1-3H3. The lowest BCUT2D eigenvalue weighted by atomic mass is 10.2. The fraction of sp³-hybridized carbons (Fsp3) is 0.625. The molecule has 1 unspecified atom stereocenters. The van der Waals surface area contributed by atoms with Gasteiger partial charge in [-0.05, 0) is 45.6 Å². The minimum Gasteiger partial charge on any atom is -0.330 e. The van der Waals surface area contributed by atoms with Gasteiger partial charge in [0.15, 0.2) is 5.16 Å². The summed E-state index contributed by atoms with van der Waals surface area (Å²) in [5.41, 5.74) is 1.65. The van der Waals surface area contributed by atoms with Crippen molar-refractivity contribution in [3.8, 4) is 0 Å². The van der Waals surface area contributed by atoms with Gasteiger partial charge in [-0.2, -0.15) is 13.2 Å². The number of aromatic nitrogens is 4. The second kappa shape index (κ2) is 7.05. The lowest BCUT2D eigenvalue weighted by Gasteiger charge is -2.30. The number of carbonyl (C=O) groups is 1. The lowest BCUT2D eigenvalue weighted by Crippen LogP contribution is -2.46. The number of nitrogens with zero attached hydrogens (tertiary/aromatic N) is 5. The Balaban J connectivity index is 1.74. The molecule has 0 spiro atoms. The van der Waals surface area contributed by atoms with Crippen molar-refractivity contribution in [3.63, 3.8) is 0 Å². The number of carbonyl (C=O) groups excluding carboxylic acids is 1. The van der Waals surface area contributed by atoms with E-state index in [0.29, 0.717) is 10.9 Å². The van der Waals surface area contributed by atoms with E-state index in [4.69, 9.17) is 0 Å². The third-order valence-corrected chi connectivity index (χ3v) is 5.37. The fourth-order valence-corrected chi connectivity index (χ4v) is 3.86. The van der Waals surface area contributed by atoms with Crippen LogP contribution >= 0.6 is 11.8 Å². The molecule has 1 atom stereocenters. The molecule has 3 rings (SSSR count). The fourth-order valence-electron chi connectivity index (χ4n) is 2.99. The molecular formula is C16H20F3N5OS. The summed E-state index contributed by atoms with van der Waals surface area (Å²) in [6.07, 6.45) is -2.67. The van der Waals surface area contributed by atoms with Gasteiger partial charge < -0.3 is 4.90 Å². The molecule has 0 saturated heterocycles. The number of thioether (sulfide) groups is 1. The normalized spacial score (nSPS) is 16.1. The Morgan fingerprint density at radius 1 is 1.38 bits per heavy atom. The third kappa shape index (κ3) is 4.28. The van der Waals surface area contributed by atoms with E-state index in [0.717, 1.165) is 40.9 Å². The summed E-state index contributed by atoms with van der Waals surface area (Å²) in [5, 5.41) is 8.44. The Kier molecular flexibility index (Phi) is 5.14. The van der Waals surface area contributed by atoms with Gasteiger partial charge >= 0.3 is 6.18 Å². The van der Waals surface area contributed by atoms with Gasteiger partial charge in [0, 0.05) is 17.4 Å². The maximum atomic E-state index is 12.9. The molecule has 26 heavy (non-hydrogen) atoms. The predicted molar refractivity (Wildman–Crippen MR) is 90.9 cm³/mol. The first-order valence-corrected chi connectivity index (χ1v) is 9.32. The van der Waals surface area contributed by atoms with E-state index in [2.05, 4.69) is 15.2 Å². The Hall–Kier alpha value is -1.84. The molecule has 0 radical (unpaired) electrons. The van der Waals surface area contributed by atoms with Crippen LogP contribution < -0.4 is 0 Å². The van der Waals surface area contributed by atoms with E-state index in [9.17, 15) is 18.0 Å². The third-order valence-electron chi connectivity index (χ3n) is 4.45. The van der Waals surface area contributed by atoms with E-state index >= 15 is 0 Å². The van der Waals surface area contributed by atoms with Crippen LogP contribution in [-0.4, -0.2) is 54.9 Å². The van der Waals surface area contributed by atoms with E-state index < -0.39 is 24.7 Å². The van der Waals surface area contributed by atoms with Crippen LogP contribution in [-0.2, 0) is 4.79 Å². The molecule has 2 aromatic rings. The van der Waals surface area contributed by atoms with Crippen LogP contribution in [0.4, 0.5) is 13.2 Å². The summed E-state index contributed by atoms with van der Waals surface area (Å²) in [4.78, 5) is 17.7. The van der Waals surface area contributed by atoms with Crippen molar-refractivity contribution in [2.24, 2.45) is 5.92 Å². The van der Waals surface area contributed by atoms with E-state index in [-0.39, 0.29) is 11.7 Å². The first kappa shape index (κ1) is 18.9. The molecule has 0 N–H and O–H groups in total. The van der Waals surface area contributed by atoms with Crippen molar-refractivity contribution in [2.45, 2.75) is 51.0 Å². The number of hydrogen-bond donors (Lipinski definition) is 0. The summed E-state index contributed by atoms with van der Waals surface area (Å²) < 4.78 is 40.4. The highest BCUT2D eigenvalue weighted by atomic mass is 32.2. The zero-order valence-electron chi connectivity index (χ0n) is 14.7. The maximum absolute atomic E-state index is 12.9. The summed E-state index contributed by atoms with van der Waals surface area (Å²) >= 11 is 1.08. The van der Waals surface area contributed by atoms with Crippen LogP contribution in [0.1, 0.15) is 31.2 Å². The van der Waals surface area contributed by atoms with Gasteiger partial charge in [-0.3, -0.25) is 9.20 Å². The zero-order valence-corrected chi connectivity index (χ0v) is 15.6. The van der Waals surface area contributed by atoms with Gasteiger partial charge in [-0.15, -0.1) is 10.2 Å². The van der Waals surface area contributed by atoms with Crippen LogP contribution in [0.25, 0.3) is 5.78 Å². The molecule has 0 aliphatic heterocycles. The number of rotatable bonds is 6. The highest BCUT2D eigenvalue weighted by molar-refractivity contribution is 7.99. The summed E-state index contributed by atoms with van der Waals surface area (Å²) in [5.74, 6) is -0.0897. The van der Waals surface area contributed by atoms with E-state index in [1.165, 1.54) is 0 Å². The summed E-state index contributed by atoms with van der Waals surface area (Å²) in [7, 11) is 0. The molecule has 10 heteroatoms. The number of fused-ring (bicyclic) bond motifs is 1. The van der Waals surface area contributed by atoms with Gasteiger partial charge in [-0.25, -0.2) is 4.98 Å². The molecule has 6 nitrogen and oxygen atoms in total. The minimum absolute atomic E-state index is 0.124. The molecule has 1 aliphatic carbocycles. The highest BCUT2D eigenvalue weighted by Gasteiger charge is 2.40. The van der Waals surface area contributed by atoms with Crippen LogP contribution in [0, 0.1) is 19.8 Å². The SMILES string of the molecule is Cc1cc(C)n2c(SCC(=O)N(CC(F)(F)F)C(C)C3CC3)nnc2n1. The van der Waals surface area contributed by atoms with Gasteiger partial charge in [0.25, 0.3) is 5.78 Å². The van der Waals surface area contributed by atoms with Crippen molar-refractivity contribution in [1.29, 1.82) is 0 Å². The molecule has 142 valence electrons. The minimum atomic E-state index is -4.41.